The molecule has 0 atom stereocenters. The third-order valence-corrected chi connectivity index (χ3v) is 2.01. The minimum absolute atomic E-state index is 0.0117. The standard InChI is InChI=1S/C10H11F4N/c1-9(2,11)6-3-7(10(12,13)14)5-8(15)4-6/h3-5H,15H2,1-2H3/p+1. The van der Waals surface area contributed by atoms with E-state index >= 15 is 0 Å². The zero-order valence-electron chi connectivity index (χ0n) is 8.45. The van der Waals surface area contributed by atoms with Crippen LogP contribution in [0.3, 0.4) is 0 Å². The smallest absolute Gasteiger partial charge is 0.325 e. The van der Waals surface area contributed by atoms with E-state index in [1.54, 1.807) is 0 Å². The van der Waals surface area contributed by atoms with E-state index in [4.69, 9.17) is 0 Å². The van der Waals surface area contributed by atoms with Crippen LogP contribution in [0.5, 0.6) is 0 Å². The lowest BCUT2D eigenvalue weighted by Crippen LogP contribution is -2.40. The fraction of sp³-hybridized carbons (Fsp3) is 0.400. The summed E-state index contributed by atoms with van der Waals surface area (Å²) in [7, 11) is 0. The molecule has 1 nitrogen and oxygen atoms in total. The zero-order chi connectivity index (χ0) is 11.9. The molecule has 1 aromatic carbocycles. The van der Waals surface area contributed by atoms with Gasteiger partial charge in [0.1, 0.15) is 11.4 Å². The second-order valence-electron chi connectivity index (χ2n) is 3.89. The molecule has 0 bridgehead atoms. The molecule has 1 rings (SSSR count). The van der Waals surface area contributed by atoms with Gasteiger partial charge < -0.3 is 5.73 Å². The van der Waals surface area contributed by atoms with Crippen molar-refractivity contribution in [2.24, 2.45) is 0 Å². The molecule has 84 valence electrons. The van der Waals surface area contributed by atoms with Crippen LogP contribution in [0, 0.1) is 0 Å². The lowest BCUT2D eigenvalue weighted by atomic mass is 9.97. The SMILES string of the molecule is CC(C)(F)c1cc([NH3+])cc(C(F)(F)F)c1. The third-order valence-electron chi connectivity index (χ3n) is 2.01. The Balaban J connectivity index is 3.30. The highest BCUT2D eigenvalue weighted by atomic mass is 19.4. The van der Waals surface area contributed by atoms with Crippen molar-refractivity contribution >= 4 is 5.69 Å². The molecule has 0 unspecified atom stereocenters. The van der Waals surface area contributed by atoms with Gasteiger partial charge in [0.15, 0.2) is 0 Å². The van der Waals surface area contributed by atoms with Gasteiger partial charge in [0, 0.05) is 12.1 Å². The Kier molecular flexibility index (Phi) is 2.78. The van der Waals surface area contributed by atoms with E-state index in [1.165, 1.54) is 19.9 Å². The van der Waals surface area contributed by atoms with Crippen LogP contribution in [-0.4, -0.2) is 0 Å². The average Bonchev–Trinajstić information content (AvgIpc) is 1.99. The molecule has 0 saturated carbocycles. The maximum Gasteiger partial charge on any atom is 0.416 e. The van der Waals surface area contributed by atoms with E-state index in [1.807, 2.05) is 0 Å². The largest absolute Gasteiger partial charge is 0.416 e. The molecule has 0 spiro atoms. The number of hydrogen-bond donors (Lipinski definition) is 1. The highest BCUT2D eigenvalue weighted by Crippen LogP contribution is 2.34. The van der Waals surface area contributed by atoms with Crippen molar-refractivity contribution in [3.63, 3.8) is 0 Å². The summed E-state index contributed by atoms with van der Waals surface area (Å²) >= 11 is 0. The van der Waals surface area contributed by atoms with Crippen molar-refractivity contribution in [1.82, 2.24) is 0 Å². The van der Waals surface area contributed by atoms with Crippen molar-refractivity contribution in [3.8, 4) is 0 Å². The van der Waals surface area contributed by atoms with Crippen LogP contribution >= 0.6 is 0 Å². The number of quaternary nitrogens is 1. The van der Waals surface area contributed by atoms with E-state index < -0.39 is 17.4 Å². The Morgan fingerprint density at radius 3 is 1.80 bits per heavy atom. The molecule has 3 N–H and O–H groups in total. The quantitative estimate of drug-likeness (QED) is 0.707. The summed E-state index contributed by atoms with van der Waals surface area (Å²) in [6, 6.07) is 3.03. The average molecular weight is 222 g/mol. The number of hydrogen-bond acceptors (Lipinski definition) is 0. The molecule has 0 heterocycles. The molecular weight excluding hydrogens is 210 g/mol. The van der Waals surface area contributed by atoms with Gasteiger partial charge in [-0.2, -0.15) is 13.2 Å². The van der Waals surface area contributed by atoms with Gasteiger partial charge in [-0.05, 0) is 25.5 Å². The maximum atomic E-state index is 13.5. The molecule has 0 aromatic heterocycles. The first kappa shape index (κ1) is 12.0. The highest BCUT2D eigenvalue weighted by Gasteiger charge is 2.33. The fourth-order valence-electron chi connectivity index (χ4n) is 1.20. The van der Waals surface area contributed by atoms with Crippen molar-refractivity contribution in [1.29, 1.82) is 0 Å². The van der Waals surface area contributed by atoms with Gasteiger partial charge in [0.2, 0.25) is 0 Å². The van der Waals surface area contributed by atoms with E-state index in [0.717, 1.165) is 12.1 Å². The van der Waals surface area contributed by atoms with Gasteiger partial charge in [-0.1, -0.05) is 0 Å². The van der Waals surface area contributed by atoms with Crippen LogP contribution in [0.2, 0.25) is 0 Å². The van der Waals surface area contributed by atoms with E-state index in [0.29, 0.717) is 0 Å². The minimum Gasteiger partial charge on any atom is -0.325 e. The molecular formula is C10H12F4N+. The predicted octanol–water partition coefficient (Wildman–Crippen LogP) is 2.78. The molecule has 5 heteroatoms. The Hall–Kier alpha value is -1.10. The first-order valence-electron chi connectivity index (χ1n) is 4.34. The van der Waals surface area contributed by atoms with Crippen LogP contribution in [-0.2, 0) is 11.8 Å². The summed E-state index contributed by atoms with van der Waals surface area (Å²) in [5, 5.41) is 0. The number of alkyl halides is 4. The molecule has 0 fully saturated rings. The summed E-state index contributed by atoms with van der Waals surface area (Å²) in [5.74, 6) is 0. The summed E-state index contributed by atoms with van der Waals surface area (Å²) in [6.07, 6.45) is -4.46. The molecule has 1 aromatic rings. The van der Waals surface area contributed by atoms with Gasteiger partial charge >= 0.3 is 6.18 Å². The van der Waals surface area contributed by atoms with Crippen molar-refractivity contribution < 1.29 is 23.3 Å². The second-order valence-corrected chi connectivity index (χ2v) is 3.89. The molecule has 0 aliphatic heterocycles. The molecule has 0 aliphatic carbocycles. The molecule has 0 saturated heterocycles. The van der Waals surface area contributed by atoms with Crippen LogP contribution in [0.4, 0.5) is 23.2 Å². The number of rotatable bonds is 1. The Bertz CT molecular complexity index is 330. The van der Waals surface area contributed by atoms with E-state index in [-0.39, 0.29) is 11.3 Å². The number of halogens is 4. The predicted molar refractivity (Wildman–Crippen MR) is 48.1 cm³/mol. The van der Waals surface area contributed by atoms with Crippen molar-refractivity contribution in [2.45, 2.75) is 25.7 Å². The van der Waals surface area contributed by atoms with Gasteiger partial charge in [-0.25, -0.2) is 4.39 Å². The second kappa shape index (κ2) is 3.48. The van der Waals surface area contributed by atoms with Crippen molar-refractivity contribution in [2.75, 3.05) is 0 Å². The summed E-state index contributed by atoms with van der Waals surface area (Å²) in [4.78, 5) is 0. The summed E-state index contributed by atoms with van der Waals surface area (Å²) in [6.45, 7) is 2.42. The van der Waals surface area contributed by atoms with Crippen LogP contribution in [0.15, 0.2) is 18.2 Å². The maximum absolute atomic E-state index is 13.5. The highest BCUT2D eigenvalue weighted by molar-refractivity contribution is 5.41. The van der Waals surface area contributed by atoms with Crippen molar-refractivity contribution in [3.05, 3.63) is 29.3 Å². The van der Waals surface area contributed by atoms with Crippen LogP contribution in [0.25, 0.3) is 0 Å². The van der Waals surface area contributed by atoms with E-state index in [9.17, 15) is 17.6 Å². The summed E-state index contributed by atoms with van der Waals surface area (Å²) < 4.78 is 50.6. The molecule has 15 heavy (non-hydrogen) atoms. The van der Waals surface area contributed by atoms with Crippen LogP contribution in [0.1, 0.15) is 25.0 Å². The topological polar surface area (TPSA) is 27.6 Å². The van der Waals surface area contributed by atoms with Crippen LogP contribution < -0.4 is 5.73 Å². The lowest BCUT2D eigenvalue weighted by molar-refractivity contribution is -0.255. The van der Waals surface area contributed by atoms with Gasteiger partial charge in [-0.15, -0.1) is 0 Å². The Morgan fingerprint density at radius 2 is 1.40 bits per heavy atom. The van der Waals surface area contributed by atoms with Gasteiger partial charge in [0.25, 0.3) is 0 Å². The first-order chi connectivity index (χ1) is 6.60. The molecule has 0 aliphatic rings. The number of benzene rings is 1. The Morgan fingerprint density at radius 1 is 0.933 bits per heavy atom. The normalized spacial score (nSPS) is 13.0. The lowest BCUT2D eigenvalue weighted by Gasteiger charge is -2.16. The first-order valence-corrected chi connectivity index (χ1v) is 4.34. The zero-order valence-corrected chi connectivity index (χ0v) is 8.45. The fourth-order valence-corrected chi connectivity index (χ4v) is 1.20. The van der Waals surface area contributed by atoms with E-state index in [2.05, 4.69) is 5.73 Å². The van der Waals surface area contributed by atoms with Gasteiger partial charge in [-0.3, -0.25) is 0 Å². The minimum atomic E-state index is -4.46. The molecule has 0 radical (unpaired) electrons. The van der Waals surface area contributed by atoms with Gasteiger partial charge in [0.05, 0.1) is 5.56 Å². The Labute approximate surface area is 84.9 Å². The summed E-state index contributed by atoms with van der Waals surface area (Å²) in [5.41, 5.74) is 0.885. The third kappa shape index (κ3) is 2.92. The molecule has 0 amide bonds. The monoisotopic (exact) mass is 222 g/mol.